The molecule has 0 aliphatic carbocycles. The first kappa shape index (κ1) is 29.6. The van der Waals surface area contributed by atoms with Crippen LogP contribution in [0.3, 0.4) is 0 Å². The highest BCUT2D eigenvalue weighted by molar-refractivity contribution is 5.96. The molecule has 1 unspecified atom stereocenters. The molecule has 0 bridgehead atoms. The molecule has 2 N–H and O–H groups in total. The highest BCUT2D eigenvalue weighted by atomic mass is 16.5. The first-order valence-corrected chi connectivity index (χ1v) is 13.5. The lowest BCUT2D eigenvalue weighted by molar-refractivity contribution is -0.122. The van der Waals surface area contributed by atoms with E-state index in [1.165, 1.54) is 0 Å². The van der Waals surface area contributed by atoms with Gasteiger partial charge in [0, 0.05) is 51.2 Å². The van der Waals surface area contributed by atoms with Gasteiger partial charge < -0.3 is 24.6 Å². The number of carbonyl (C=O) groups excluding carboxylic acids is 2. The van der Waals surface area contributed by atoms with Crippen LogP contribution in [0.1, 0.15) is 55.5 Å². The molecule has 1 amide bonds. The zero-order chi connectivity index (χ0) is 27.3. The van der Waals surface area contributed by atoms with Crippen molar-refractivity contribution in [2.24, 2.45) is 0 Å². The lowest BCUT2D eigenvalue weighted by Crippen LogP contribution is -2.44. The van der Waals surface area contributed by atoms with Crippen LogP contribution in [0.15, 0.2) is 48.5 Å². The third-order valence-electron chi connectivity index (χ3n) is 6.41. The number of β-amino-alcohol motifs (C(OH)–C–C–N with tert-alkyl or cyclic N) is 1. The fourth-order valence-electron chi connectivity index (χ4n) is 4.55. The number of hydrogen-bond acceptors (Lipinski definition) is 7. The number of aliphatic hydroxyl groups excluding tert-OH is 1. The number of ether oxygens (including phenoxy) is 3. The number of amides is 1. The maximum Gasteiger partial charge on any atom is 0.220 e. The van der Waals surface area contributed by atoms with Gasteiger partial charge in [0.05, 0.1) is 18.8 Å². The van der Waals surface area contributed by atoms with E-state index in [9.17, 15) is 14.7 Å². The molecular formula is C30H42N2O6. The van der Waals surface area contributed by atoms with E-state index in [2.05, 4.69) is 10.2 Å². The molecule has 8 heteroatoms. The molecule has 0 saturated carbocycles. The molecular weight excluding hydrogens is 484 g/mol. The van der Waals surface area contributed by atoms with Gasteiger partial charge in [-0.2, -0.15) is 0 Å². The fourth-order valence-corrected chi connectivity index (χ4v) is 4.55. The normalized spacial score (nSPS) is 16.4. The van der Waals surface area contributed by atoms with Gasteiger partial charge in [-0.3, -0.25) is 14.5 Å². The summed E-state index contributed by atoms with van der Waals surface area (Å²) in [6.45, 7) is 7.06. The molecule has 2 atom stereocenters. The molecule has 1 heterocycles. The van der Waals surface area contributed by atoms with E-state index in [-0.39, 0.29) is 36.4 Å². The lowest BCUT2D eigenvalue weighted by Gasteiger charge is -2.25. The molecule has 1 saturated heterocycles. The third-order valence-corrected chi connectivity index (χ3v) is 6.41. The summed E-state index contributed by atoms with van der Waals surface area (Å²) >= 11 is 0. The number of benzene rings is 2. The van der Waals surface area contributed by atoms with Crippen LogP contribution >= 0.6 is 0 Å². The maximum absolute atomic E-state index is 12.8. The summed E-state index contributed by atoms with van der Waals surface area (Å²) in [5.41, 5.74) is 1.72. The molecule has 1 aliphatic heterocycles. The molecule has 2 aromatic carbocycles. The second kappa shape index (κ2) is 15.5. The molecule has 208 valence electrons. The van der Waals surface area contributed by atoms with E-state index in [4.69, 9.17) is 14.2 Å². The number of likely N-dealkylation sites (tertiary alicyclic amines) is 1. The van der Waals surface area contributed by atoms with Crippen LogP contribution in [0.2, 0.25) is 0 Å². The van der Waals surface area contributed by atoms with E-state index < -0.39 is 0 Å². The Bertz CT molecular complexity index is 993. The first-order valence-electron chi connectivity index (χ1n) is 13.5. The van der Waals surface area contributed by atoms with Crippen molar-refractivity contribution < 1.29 is 28.9 Å². The van der Waals surface area contributed by atoms with E-state index in [1.807, 2.05) is 38.1 Å². The van der Waals surface area contributed by atoms with Crippen molar-refractivity contribution in [3.8, 4) is 11.5 Å². The maximum atomic E-state index is 12.8. The van der Waals surface area contributed by atoms with Crippen LogP contribution in [0.4, 0.5) is 0 Å². The summed E-state index contributed by atoms with van der Waals surface area (Å²) in [5.74, 6) is 1.46. The summed E-state index contributed by atoms with van der Waals surface area (Å²) in [6.07, 6.45) is 2.30. The molecule has 0 spiro atoms. The number of nitrogens with one attached hydrogen (secondary N) is 1. The highest BCUT2D eigenvalue weighted by Gasteiger charge is 2.24. The number of rotatable bonds is 16. The van der Waals surface area contributed by atoms with Crippen molar-refractivity contribution in [3.05, 3.63) is 59.7 Å². The second-order valence-corrected chi connectivity index (χ2v) is 10.1. The molecule has 3 rings (SSSR count). The van der Waals surface area contributed by atoms with E-state index in [1.54, 1.807) is 31.4 Å². The van der Waals surface area contributed by atoms with Crippen molar-refractivity contribution in [1.29, 1.82) is 0 Å². The quantitative estimate of drug-likeness (QED) is 0.255. The molecule has 2 aromatic rings. The van der Waals surface area contributed by atoms with Crippen LogP contribution < -0.4 is 14.8 Å². The van der Waals surface area contributed by atoms with E-state index in [0.29, 0.717) is 56.9 Å². The number of ketones is 1. The average Bonchev–Trinajstić information content (AvgIpc) is 3.29. The molecule has 38 heavy (non-hydrogen) atoms. The van der Waals surface area contributed by atoms with Crippen molar-refractivity contribution >= 4 is 11.7 Å². The Hall–Kier alpha value is -2.94. The summed E-state index contributed by atoms with van der Waals surface area (Å²) < 4.78 is 16.2. The third kappa shape index (κ3) is 10.4. The Labute approximate surface area is 226 Å². The molecule has 8 nitrogen and oxygen atoms in total. The number of nitrogens with zero attached hydrogens (tertiary/aromatic N) is 1. The zero-order valence-corrected chi connectivity index (χ0v) is 22.9. The predicted molar refractivity (Wildman–Crippen MR) is 147 cm³/mol. The standard InChI is InChI=1S/C30H42N2O6/c1-22(2)38-28-11-7-23(8-12-28)19-25(20-32-16-15-26(33)21-32)31-30(35)6-4-5-29(34)24-9-13-27(14-10-24)37-18-17-36-3/h7-14,22,25-26,33H,4-6,15-21H2,1-3H3,(H,31,35)/t25?,26-/m0/s1. The van der Waals surface area contributed by atoms with Gasteiger partial charge in [-0.05, 0) is 75.1 Å². The molecule has 0 radical (unpaired) electrons. The second-order valence-electron chi connectivity index (χ2n) is 10.1. The SMILES string of the molecule is COCCOc1ccc(C(=O)CCCC(=O)NC(Cc2ccc(OC(C)C)cc2)CN2CC[C@H](O)C2)cc1. The Kier molecular flexibility index (Phi) is 12.1. The minimum absolute atomic E-state index is 0.00699. The van der Waals surface area contributed by atoms with Gasteiger partial charge in [-0.1, -0.05) is 12.1 Å². The van der Waals surface area contributed by atoms with Crippen LogP contribution in [0, 0.1) is 0 Å². The van der Waals surface area contributed by atoms with Gasteiger partial charge in [0.2, 0.25) is 5.91 Å². The van der Waals surface area contributed by atoms with Gasteiger partial charge >= 0.3 is 0 Å². The first-order chi connectivity index (χ1) is 18.3. The zero-order valence-electron chi connectivity index (χ0n) is 22.9. The summed E-state index contributed by atoms with van der Waals surface area (Å²) in [7, 11) is 1.62. The fraction of sp³-hybridized carbons (Fsp3) is 0.533. The average molecular weight is 527 g/mol. The predicted octanol–water partition coefficient (Wildman–Crippen LogP) is 3.65. The molecule has 1 fully saturated rings. The summed E-state index contributed by atoms with van der Waals surface area (Å²) in [5, 5.41) is 13.1. The van der Waals surface area contributed by atoms with Crippen molar-refractivity contribution in [1.82, 2.24) is 10.2 Å². The Balaban J connectivity index is 1.48. The van der Waals surface area contributed by atoms with Gasteiger partial charge in [-0.15, -0.1) is 0 Å². The largest absolute Gasteiger partial charge is 0.491 e. The van der Waals surface area contributed by atoms with Crippen molar-refractivity contribution in [2.75, 3.05) is 40.0 Å². The molecule has 0 aromatic heterocycles. The summed E-state index contributed by atoms with van der Waals surface area (Å²) in [6, 6.07) is 14.9. The van der Waals surface area contributed by atoms with Crippen LogP contribution in [-0.2, 0) is 16.0 Å². The van der Waals surface area contributed by atoms with Crippen LogP contribution in [0.5, 0.6) is 11.5 Å². The number of aliphatic hydroxyl groups is 1. The highest BCUT2D eigenvalue weighted by Crippen LogP contribution is 2.17. The monoisotopic (exact) mass is 526 g/mol. The van der Waals surface area contributed by atoms with Gasteiger partial charge in [0.25, 0.3) is 0 Å². The Morgan fingerprint density at radius 1 is 1.03 bits per heavy atom. The smallest absolute Gasteiger partial charge is 0.220 e. The van der Waals surface area contributed by atoms with Crippen LogP contribution in [0.25, 0.3) is 0 Å². The van der Waals surface area contributed by atoms with Gasteiger partial charge in [0.1, 0.15) is 18.1 Å². The Morgan fingerprint density at radius 2 is 1.74 bits per heavy atom. The van der Waals surface area contributed by atoms with Gasteiger partial charge in [-0.25, -0.2) is 0 Å². The number of carbonyl (C=O) groups is 2. The topological polar surface area (TPSA) is 97.3 Å². The van der Waals surface area contributed by atoms with Gasteiger partial charge in [0.15, 0.2) is 5.78 Å². The minimum Gasteiger partial charge on any atom is -0.491 e. The van der Waals surface area contributed by atoms with Crippen molar-refractivity contribution in [3.63, 3.8) is 0 Å². The Morgan fingerprint density at radius 3 is 2.37 bits per heavy atom. The number of methoxy groups -OCH3 is 1. The van der Waals surface area contributed by atoms with E-state index in [0.717, 1.165) is 24.3 Å². The number of hydrogen-bond donors (Lipinski definition) is 2. The molecule has 1 aliphatic rings. The number of Topliss-reactive ketones (excluding diaryl/α,β-unsaturated/α-hetero) is 1. The van der Waals surface area contributed by atoms with Crippen LogP contribution in [-0.4, -0.2) is 79.9 Å². The lowest BCUT2D eigenvalue weighted by atomic mass is 10.0. The summed E-state index contributed by atoms with van der Waals surface area (Å²) in [4.78, 5) is 27.6. The minimum atomic E-state index is -0.309. The van der Waals surface area contributed by atoms with E-state index >= 15 is 0 Å². The van der Waals surface area contributed by atoms with Crippen molar-refractivity contribution in [2.45, 2.75) is 64.2 Å².